The van der Waals surface area contributed by atoms with Gasteiger partial charge in [0.2, 0.25) is 0 Å². The van der Waals surface area contributed by atoms with Gasteiger partial charge in [0.15, 0.2) is 0 Å². The van der Waals surface area contributed by atoms with E-state index in [1.54, 1.807) is 0 Å². The van der Waals surface area contributed by atoms with E-state index in [4.69, 9.17) is 9.57 Å². The molecule has 120 valence electrons. The van der Waals surface area contributed by atoms with Crippen LogP contribution in [-0.4, -0.2) is 30.4 Å². The molecule has 4 rings (SSSR count). The SMILES string of the molecule is C[C@@H]1CN2O[C@@H](CCCOCc3ccccc3)[C@@H]3CC[C@H]1[C@@H]32. The van der Waals surface area contributed by atoms with Crippen LogP contribution >= 0.6 is 0 Å². The molecule has 1 aromatic rings. The molecular weight excluding hydrogens is 274 g/mol. The number of hydrogen-bond acceptors (Lipinski definition) is 3. The molecule has 0 aromatic heterocycles. The summed E-state index contributed by atoms with van der Waals surface area (Å²) in [6.07, 6.45) is 5.48. The summed E-state index contributed by atoms with van der Waals surface area (Å²) in [7, 11) is 0. The van der Waals surface area contributed by atoms with Crippen molar-refractivity contribution < 1.29 is 9.57 Å². The fraction of sp³-hybridized carbons (Fsp3) is 0.684. The average molecular weight is 301 g/mol. The van der Waals surface area contributed by atoms with Gasteiger partial charge in [-0.15, -0.1) is 0 Å². The summed E-state index contributed by atoms with van der Waals surface area (Å²) in [5, 5.41) is 2.32. The number of nitrogens with zero attached hydrogens (tertiary/aromatic N) is 1. The second-order valence-corrected chi connectivity index (χ2v) is 7.30. The Labute approximate surface area is 133 Å². The highest BCUT2D eigenvalue weighted by molar-refractivity contribution is 5.13. The molecule has 2 heterocycles. The van der Waals surface area contributed by atoms with Crippen molar-refractivity contribution in [1.29, 1.82) is 0 Å². The minimum atomic E-state index is 0.447. The third-order valence-corrected chi connectivity index (χ3v) is 5.88. The van der Waals surface area contributed by atoms with Crippen LogP contribution in [0.5, 0.6) is 0 Å². The molecule has 1 aromatic carbocycles. The lowest BCUT2D eigenvalue weighted by Crippen LogP contribution is -2.25. The van der Waals surface area contributed by atoms with Gasteiger partial charge in [-0.05, 0) is 43.1 Å². The van der Waals surface area contributed by atoms with Crippen LogP contribution in [-0.2, 0) is 16.2 Å². The predicted molar refractivity (Wildman–Crippen MR) is 86.1 cm³/mol. The first kappa shape index (κ1) is 14.7. The molecule has 2 saturated heterocycles. The van der Waals surface area contributed by atoms with Crippen molar-refractivity contribution in [3.63, 3.8) is 0 Å². The van der Waals surface area contributed by atoms with E-state index in [0.717, 1.165) is 56.4 Å². The summed E-state index contributed by atoms with van der Waals surface area (Å²) < 4.78 is 5.80. The summed E-state index contributed by atoms with van der Waals surface area (Å²) in [6, 6.07) is 11.1. The lowest BCUT2D eigenvalue weighted by atomic mass is 9.90. The van der Waals surface area contributed by atoms with Crippen molar-refractivity contribution in [3.05, 3.63) is 35.9 Å². The lowest BCUT2D eigenvalue weighted by Gasteiger charge is -2.16. The van der Waals surface area contributed by atoms with Crippen molar-refractivity contribution in [1.82, 2.24) is 5.06 Å². The van der Waals surface area contributed by atoms with Gasteiger partial charge in [-0.2, -0.15) is 5.06 Å². The molecule has 0 radical (unpaired) electrons. The van der Waals surface area contributed by atoms with Gasteiger partial charge in [0.1, 0.15) is 0 Å². The monoisotopic (exact) mass is 301 g/mol. The molecule has 3 heteroatoms. The summed E-state index contributed by atoms with van der Waals surface area (Å²) in [5.41, 5.74) is 1.26. The van der Waals surface area contributed by atoms with Crippen LogP contribution in [0, 0.1) is 17.8 Å². The van der Waals surface area contributed by atoms with Crippen molar-refractivity contribution in [2.75, 3.05) is 13.2 Å². The molecule has 3 aliphatic rings. The van der Waals surface area contributed by atoms with Crippen molar-refractivity contribution in [3.8, 4) is 0 Å². The van der Waals surface area contributed by atoms with Crippen LogP contribution in [0.2, 0.25) is 0 Å². The van der Waals surface area contributed by atoms with Gasteiger partial charge in [0.25, 0.3) is 0 Å². The van der Waals surface area contributed by atoms with Gasteiger partial charge < -0.3 is 4.74 Å². The van der Waals surface area contributed by atoms with Crippen LogP contribution in [0.4, 0.5) is 0 Å². The van der Waals surface area contributed by atoms with Gasteiger partial charge >= 0.3 is 0 Å². The van der Waals surface area contributed by atoms with Crippen LogP contribution < -0.4 is 0 Å². The van der Waals surface area contributed by atoms with Crippen molar-refractivity contribution >= 4 is 0 Å². The van der Waals surface area contributed by atoms with Gasteiger partial charge in [0.05, 0.1) is 12.7 Å². The minimum Gasteiger partial charge on any atom is -0.377 e. The molecule has 1 saturated carbocycles. The van der Waals surface area contributed by atoms with E-state index in [1.165, 1.54) is 18.4 Å². The van der Waals surface area contributed by atoms with Crippen LogP contribution in [0.1, 0.15) is 38.2 Å². The second kappa shape index (κ2) is 6.31. The fourth-order valence-corrected chi connectivity index (χ4v) is 4.82. The number of rotatable bonds is 6. The largest absolute Gasteiger partial charge is 0.377 e. The lowest BCUT2D eigenvalue weighted by molar-refractivity contribution is -0.155. The third kappa shape index (κ3) is 2.70. The van der Waals surface area contributed by atoms with E-state index >= 15 is 0 Å². The van der Waals surface area contributed by atoms with E-state index in [-0.39, 0.29) is 0 Å². The summed E-state index contributed by atoms with van der Waals surface area (Å²) in [4.78, 5) is 6.23. The Morgan fingerprint density at radius 1 is 1.18 bits per heavy atom. The molecule has 0 bridgehead atoms. The highest BCUT2D eigenvalue weighted by Crippen LogP contribution is 2.51. The number of hydrogen-bond donors (Lipinski definition) is 0. The molecule has 5 atom stereocenters. The van der Waals surface area contributed by atoms with Crippen LogP contribution in [0.3, 0.4) is 0 Å². The van der Waals surface area contributed by atoms with Gasteiger partial charge in [-0.3, -0.25) is 4.84 Å². The quantitative estimate of drug-likeness (QED) is 0.749. The first-order valence-electron chi connectivity index (χ1n) is 8.88. The van der Waals surface area contributed by atoms with Crippen molar-refractivity contribution in [2.45, 2.75) is 51.4 Å². The Morgan fingerprint density at radius 3 is 2.86 bits per heavy atom. The van der Waals surface area contributed by atoms with E-state index in [2.05, 4.69) is 36.3 Å². The van der Waals surface area contributed by atoms with Gasteiger partial charge in [-0.1, -0.05) is 37.3 Å². The van der Waals surface area contributed by atoms with E-state index < -0.39 is 0 Å². The zero-order valence-electron chi connectivity index (χ0n) is 13.5. The number of benzene rings is 1. The Balaban J connectivity index is 1.20. The highest BCUT2D eigenvalue weighted by Gasteiger charge is 2.55. The molecule has 22 heavy (non-hydrogen) atoms. The zero-order chi connectivity index (χ0) is 14.9. The first-order valence-corrected chi connectivity index (χ1v) is 8.88. The fourth-order valence-electron chi connectivity index (χ4n) is 4.82. The predicted octanol–water partition coefficient (Wildman–Crippen LogP) is 3.64. The molecule has 0 spiro atoms. The average Bonchev–Trinajstić information content (AvgIpc) is 3.18. The van der Waals surface area contributed by atoms with Crippen LogP contribution in [0.25, 0.3) is 0 Å². The topological polar surface area (TPSA) is 21.7 Å². The maximum absolute atomic E-state index is 6.23. The molecule has 0 unspecified atom stereocenters. The summed E-state index contributed by atoms with van der Waals surface area (Å²) >= 11 is 0. The summed E-state index contributed by atoms with van der Waals surface area (Å²) in [5.74, 6) is 2.50. The Bertz CT molecular complexity index is 491. The number of ether oxygens (including phenoxy) is 1. The smallest absolute Gasteiger partial charge is 0.0838 e. The molecule has 1 aliphatic carbocycles. The Hall–Kier alpha value is -0.900. The second-order valence-electron chi connectivity index (χ2n) is 7.30. The van der Waals surface area contributed by atoms with E-state index in [1.807, 2.05) is 6.07 Å². The molecule has 2 aliphatic heterocycles. The normalized spacial score (nSPS) is 36.9. The van der Waals surface area contributed by atoms with Crippen molar-refractivity contribution in [2.24, 2.45) is 17.8 Å². The molecule has 3 fully saturated rings. The third-order valence-electron chi connectivity index (χ3n) is 5.88. The molecule has 0 N–H and O–H groups in total. The Kier molecular flexibility index (Phi) is 4.21. The molecule has 3 nitrogen and oxygen atoms in total. The van der Waals surface area contributed by atoms with E-state index in [0.29, 0.717) is 6.10 Å². The zero-order valence-corrected chi connectivity index (χ0v) is 13.5. The van der Waals surface area contributed by atoms with Gasteiger partial charge in [-0.25, -0.2) is 0 Å². The van der Waals surface area contributed by atoms with Crippen LogP contribution in [0.15, 0.2) is 30.3 Å². The number of hydroxylamine groups is 2. The first-order chi connectivity index (χ1) is 10.8. The minimum absolute atomic E-state index is 0.447. The van der Waals surface area contributed by atoms with Gasteiger partial charge in [0, 0.05) is 25.1 Å². The summed E-state index contributed by atoms with van der Waals surface area (Å²) in [6.45, 7) is 5.10. The maximum Gasteiger partial charge on any atom is 0.0838 e. The molecule has 0 amide bonds. The molecular formula is C19H27NO2. The highest BCUT2D eigenvalue weighted by atomic mass is 16.7. The maximum atomic E-state index is 6.23. The standard InChI is InChI=1S/C19H27NO2/c1-14-12-20-19-16(14)9-10-17(19)18(22-20)8-5-11-21-13-15-6-3-2-4-7-15/h2-4,6-7,14,16-19H,5,8-13H2,1H3/t14-,16-,17+,18+,19+/m1/s1. The van der Waals surface area contributed by atoms with E-state index in [9.17, 15) is 0 Å². The Morgan fingerprint density at radius 2 is 2.00 bits per heavy atom.